The van der Waals surface area contributed by atoms with Gasteiger partial charge >= 0.3 is 5.97 Å². The van der Waals surface area contributed by atoms with Crippen LogP contribution in [0.25, 0.3) is 0 Å². The minimum absolute atomic E-state index is 0.201. The van der Waals surface area contributed by atoms with Crippen molar-refractivity contribution in [2.24, 2.45) is 5.92 Å². The van der Waals surface area contributed by atoms with Gasteiger partial charge in [-0.2, -0.15) is 0 Å². The summed E-state index contributed by atoms with van der Waals surface area (Å²) in [7, 11) is 0. The minimum atomic E-state index is -0.684. The molecular weight excluding hydrogens is 278 g/mol. The Bertz CT molecular complexity index is 484. The first-order chi connectivity index (χ1) is 10.8. The third kappa shape index (κ3) is 3.33. The largest absolute Gasteiger partial charge is 0.481 e. The molecule has 0 radical (unpaired) electrons. The Morgan fingerprint density at radius 2 is 1.82 bits per heavy atom. The highest BCUT2D eigenvalue weighted by atomic mass is 16.5. The smallest absolute Gasteiger partial charge is 0.311 e. The zero-order valence-corrected chi connectivity index (χ0v) is 13.0. The highest BCUT2D eigenvalue weighted by Gasteiger charge is 2.39. The van der Waals surface area contributed by atoms with Gasteiger partial charge in [-0.25, -0.2) is 0 Å². The molecule has 3 atom stereocenters. The average molecular weight is 303 g/mol. The second-order valence-corrected chi connectivity index (χ2v) is 6.39. The van der Waals surface area contributed by atoms with Crippen molar-refractivity contribution in [3.63, 3.8) is 0 Å². The number of hydrogen-bond acceptors (Lipinski definition) is 3. The normalized spacial score (nSPS) is 28.2. The molecule has 3 rings (SSSR count). The predicted octanol–water partition coefficient (Wildman–Crippen LogP) is 2.75. The average Bonchev–Trinajstić information content (AvgIpc) is 2.57. The summed E-state index contributed by atoms with van der Waals surface area (Å²) in [6.45, 7) is 3.41. The molecule has 1 aromatic carbocycles. The standard InChI is InChI=1S/C18H25NO3/c20-18(21)17(14-6-2-1-3-7-14)15-8-4-5-9-16(15)19-10-12-22-13-11-19/h1-3,6-7,15-17H,4-5,8-13H2,(H,20,21)/t15?,16?,17-/m1/s1. The third-order valence-corrected chi connectivity index (χ3v) is 5.15. The first-order valence-electron chi connectivity index (χ1n) is 8.37. The Balaban J connectivity index is 1.85. The second-order valence-electron chi connectivity index (χ2n) is 6.39. The highest BCUT2D eigenvalue weighted by Crippen LogP contribution is 2.39. The van der Waals surface area contributed by atoms with Gasteiger partial charge in [-0.3, -0.25) is 9.69 Å². The van der Waals surface area contributed by atoms with E-state index in [-0.39, 0.29) is 5.92 Å². The molecule has 2 aliphatic rings. The lowest BCUT2D eigenvalue weighted by Gasteiger charge is -2.43. The number of carbonyl (C=O) groups is 1. The van der Waals surface area contributed by atoms with E-state index in [4.69, 9.17) is 4.74 Å². The monoisotopic (exact) mass is 303 g/mol. The molecule has 1 heterocycles. The van der Waals surface area contributed by atoms with Gasteiger partial charge in [0, 0.05) is 19.1 Å². The molecule has 0 spiro atoms. The molecule has 1 N–H and O–H groups in total. The summed E-state index contributed by atoms with van der Waals surface area (Å²) in [5.41, 5.74) is 0.945. The van der Waals surface area contributed by atoms with Crippen LogP contribution in [0.4, 0.5) is 0 Å². The van der Waals surface area contributed by atoms with E-state index in [9.17, 15) is 9.90 Å². The van der Waals surface area contributed by atoms with Crippen LogP contribution in [0, 0.1) is 5.92 Å². The number of nitrogens with zero attached hydrogens (tertiary/aromatic N) is 1. The maximum atomic E-state index is 12.0. The van der Waals surface area contributed by atoms with E-state index in [0.29, 0.717) is 6.04 Å². The van der Waals surface area contributed by atoms with Gasteiger partial charge in [0.25, 0.3) is 0 Å². The first kappa shape index (κ1) is 15.5. The lowest BCUT2D eigenvalue weighted by molar-refractivity contribution is -0.141. The molecule has 2 fully saturated rings. The summed E-state index contributed by atoms with van der Waals surface area (Å²) < 4.78 is 5.46. The van der Waals surface area contributed by atoms with Crippen molar-refractivity contribution in [1.29, 1.82) is 0 Å². The number of benzene rings is 1. The fourth-order valence-electron chi connectivity index (χ4n) is 4.12. The van der Waals surface area contributed by atoms with E-state index in [1.807, 2.05) is 30.3 Å². The summed E-state index contributed by atoms with van der Waals surface area (Å²) >= 11 is 0. The highest BCUT2D eigenvalue weighted by molar-refractivity contribution is 5.76. The fourth-order valence-corrected chi connectivity index (χ4v) is 4.12. The van der Waals surface area contributed by atoms with Crippen molar-refractivity contribution < 1.29 is 14.6 Å². The lowest BCUT2D eigenvalue weighted by Crippen LogP contribution is -2.50. The van der Waals surface area contributed by atoms with Crippen molar-refractivity contribution in [2.45, 2.75) is 37.6 Å². The quantitative estimate of drug-likeness (QED) is 0.929. The molecule has 2 unspecified atom stereocenters. The van der Waals surface area contributed by atoms with Crippen molar-refractivity contribution in [1.82, 2.24) is 4.90 Å². The van der Waals surface area contributed by atoms with Gasteiger partial charge in [0.2, 0.25) is 0 Å². The molecule has 1 saturated carbocycles. The summed E-state index contributed by atoms with van der Waals surface area (Å²) in [4.78, 5) is 14.4. The van der Waals surface area contributed by atoms with Crippen LogP contribution in [-0.4, -0.2) is 48.3 Å². The van der Waals surface area contributed by atoms with E-state index in [2.05, 4.69) is 4.90 Å². The van der Waals surface area contributed by atoms with Crippen LogP contribution in [0.5, 0.6) is 0 Å². The van der Waals surface area contributed by atoms with E-state index in [0.717, 1.165) is 51.1 Å². The van der Waals surface area contributed by atoms with E-state index < -0.39 is 11.9 Å². The Kier molecular flexibility index (Phi) is 5.11. The second kappa shape index (κ2) is 7.25. The Labute approximate surface area is 132 Å². The summed E-state index contributed by atoms with van der Waals surface area (Å²) in [5, 5.41) is 9.85. The van der Waals surface area contributed by atoms with Crippen LogP contribution in [0.15, 0.2) is 30.3 Å². The van der Waals surface area contributed by atoms with Crippen molar-refractivity contribution in [2.75, 3.05) is 26.3 Å². The molecule has 1 aromatic rings. The van der Waals surface area contributed by atoms with Gasteiger partial charge in [0.1, 0.15) is 0 Å². The molecule has 1 aliphatic carbocycles. The van der Waals surface area contributed by atoms with Crippen molar-refractivity contribution in [3.05, 3.63) is 35.9 Å². The molecule has 1 saturated heterocycles. The maximum absolute atomic E-state index is 12.0. The third-order valence-electron chi connectivity index (χ3n) is 5.15. The van der Waals surface area contributed by atoms with Crippen molar-refractivity contribution in [3.8, 4) is 0 Å². The van der Waals surface area contributed by atoms with Crippen LogP contribution in [0.1, 0.15) is 37.2 Å². The Morgan fingerprint density at radius 3 is 2.50 bits per heavy atom. The summed E-state index contributed by atoms with van der Waals surface area (Å²) in [6.07, 6.45) is 4.47. The minimum Gasteiger partial charge on any atom is -0.481 e. The first-order valence-corrected chi connectivity index (χ1v) is 8.37. The van der Waals surface area contributed by atoms with Crippen LogP contribution in [-0.2, 0) is 9.53 Å². The van der Waals surface area contributed by atoms with Gasteiger partial charge in [0.05, 0.1) is 19.1 Å². The lowest BCUT2D eigenvalue weighted by atomic mass is 9.73. The van der Waals surface area contributed by atoms with Gasteiger partial charge in [0.15, 0.2) is 0 Å². The number of morpholine rings is 1. The maximum Gasteiger partial charge on any atom is 0.311 e. The van der Waals surface area contributed by atoms with E-state index >= 15 is 0 Å². The summed E-state index contributed by atoms with van der Waals surface area (Å²) in [6, 6.07) is 10.1. The molecule has 120 valence electrons. The topological polar surface area (TPSA) is 49.8 Å². The zero-order chi connectivity index (χ0) is 15.4. The number of aliphatic carboxylic acids is 1. The van der Waals surface area contributed by atoms with Gasteiger partial charge < -0.3 is 9.84 Å². The molecule has 0 amide bonds. The molecule has 0 aromatic heterocycles. The SMILES string of the molecule is O=C(O)[C@H](c1ccccc1)C1CCCCC1N1CCOCC1. The Morgan fingerprint density at radius 1 is 1.14 bits per heavy atom. The van der Waals surface area contributed by atoms with E-state index in [1.165, 1.54) is 6.42 Å². The van der Waals surface area contributed by atoms with Crippen molar-refractivity contribution >= 4 is 5.97 Å². The van der Waals surface area contributed by atoms with E-state index in [1.54, 1.807) is 0 Å². The van der Waals surface area contributed by atoms with Gasteiger partial charge in [-0.1, -0.05) is 43.2 Å². The number of carboxylic acids is 1. The van der Waals surface area contributed by atoms with Gasteiger partial charge in [-0.05, 0) is 24.3 Å². The van der Waals surface area contributed by atoms with Crippen LogP contribution >= 0.6 is 0 Å². The van der Waals surface area contributed by atoms with Crippen LogP contribution < -0.4 is 0 Å². The number of carboxylic acid groups (broad SMARTS) is 1. The number of ether oxygens (including phenoxy) is 1. The predicted molar refractivity (Wildman–Crippen MR) is 85.0 cm³/mol. The summed E-state index contributed by atoms with van der Waals surface area (Å²) in [5.74, 6) is -0.877. The molecular formula is C18H25NO3. The van der Waals surface area contributed by atoms with Gasteiger partial charge in [-0.15, -0.1) is 0 Å². The number of hydrogen-bond donors (Lipinski definition) is 1. The van der Waals surface area contributed by atoms with Crippen LogP contribution in [0.2, 0.25) is 0 Å². The number of rotatable bonds is 4. The molecule has 1 aliphatic heterocycles. The zero-order valence-electron chi connectivity index (χ0n) is 13.0. The molecule has 4 heteroatoms. The molecule has 22 heavy (non-hydrogen) atoms. The van der Waals surface area contributed by atoms with Crippen LogP contribution in [0.3, 0.4) is 0 Å². The molecule has 4 nitrogen and oxygen atoms in total. The molecule has 0 bridgehead atoms. The fraction of sp³-hybridized carbons (Fsp3) is 0.611. The Hall–Kier alpha value is -1.39.